The van der Waals surface area contributed by atoms with Gasteiger partial charge in [0.1, 0.15) is 11.6 Å². The van der Waals surface area contributed by atoms with Crippen molar-refractivity contribution in [2.24, 2.45) is 0 Å². The van der Waals surface area contributed by atoms with Crippen molar-refractivity contribution in [3.63, 3.8) is 0 Å². The van der Waals surface area contributed by atoms with Gasteiger partial charge in [0.25, 0.3) is 11.8 Å². The molecule has 0 unspecified atom stereocenters. The number of hydrogen-bond donors (Lipinski definition) is 2. The van der Waals surface area contributed by atoms with E-state index < -0.39 is 0 Å². The van der Waals surface area contributed by atoms with Crippen LogP contribution in [0.1, 0.15) is 70.5 Å². The second kappa shape index (κ2) is 11.4. The predicted molar refractivity (Wildman–Crippen MR) is 139 cm³/mol. The van der Waals surface area contributed by atoms with E-state index >= 15 is 0 Å². The van der Waals surface area contributed by atoms with E-state index in [9.17, 15) is 14.0 Å². The molecule has 0 atom stereocenters. The maximum Gasteiger partial charge on any atom is 0.251 e. The molecule has 0 saturated heterocycles. The lowest BCUT2D eigenvalue weighted by molar-refractivity contribution is 0.0940. The van der Waals surface area contributed by atoms with Gasteiger partial charge in [0.2, 0.25) is 0 Å². The van der Waals surface area contributed by atoms with Crippen LogP contribution in [0.2, 0.25) is 0 Å². The molecule has 0 aliphatic carbocycles. The molecule has 4 rings (SSSR count). The number of ether oxygens (including phenoxy) is 1. The smallest absolute Gasteiger partial charge is 0.251 e. The van der Waals surface area contributed by atoms with Crippen molar-refractivity contribution < 1.29 is 18.7 Å². The first-order valence-electron chi connectivity index (χ1n) is 12.5. The Hall–Kier alpha value is -3.67. The zero-order chi connectivity index (χ0) is 25.5. The number of carbonyl (C=O) groups excluding carboxylic acids is 2. The molecule has 2 amide bonds. The van der Waals surface area contributed by atoms with Gasteiger partial charge >= 0.3 is 0 Å². The SMILES string of the molecule is CC(C)(CNC(=O)c1ccc2c(c1)Cc1cccc(c1)C(=O)NCCCCCO2)c1ccc(F)cc1. The Morgan fingerprint density at radius 1 is 1.03 bits per heavy atom. The Bertz CT molecular complexity index is 1220. The van der Waals surface area contributed by atoms with E-state index in [2.05, 4.69) is 10.6 Å². The summed E-state index contributed by atoms with van der Waals surface area (Å²) in [6, 6.07) is 19.4. The van der Waals surface area contributed by atoms with Gasteiger partial charge in [-0.25, -0.2) is 4.39 Å². The fourth-order valence-corrected chi connectivity index (χ4v) is 4.34. The van der Waals surface area contributed by atoms with Crippen molar-refractivity contribution >= 4 is 11.8 Å². The van der Waals surface area contributed by atoms with Crippen LogP contribution in [0.25, 0.3) is 0 Å². The van der Waals surface area contributed by atoms with Gasteiger partial charge in [-0.3, -0.25) is 9.59 Å². The third kappa shape index (κ3) is 6.51. The number of halogens is 1. The van der Waals surface area contributed by atoms with Gasteiger partial charge in [-0.1, -0.05) is 38.1 Å². The Morgan fingerprint density at radius 3 is 2.64 bits per heavy atom. The van der Waals surface area contributed by atoms with Crippen LogP contribution in [0, 0.1) is 5.82 Å². The fraction of sp³-hybridized carbons (Fsp3) is 0.333. The molecule has 6 heteroatoms. The average Bonchev–Trinajstić information content (AvgIpc) is 2.87. The van der Waals surface area contributed by atoms with Crippen molar-refractivity contribution in [1.82, 2.24) is 10.6 Å². The summed E-state index contributed by atoms with van der Waals surface area (Å²) < 4.78 is 19.4. The molecule has 2 N–H and O–H groups in total. The van der Waals surface area contributed by atoms with Crippen LogP contribution in [0.15, 0.2) is 66.7 Å². The van der Waals surface area contributed by atoms with Gasteiger partial charge < -0.3 is 15.4 Å². The number of nitrogens with one attached hydrogen (secondary N) is 2. The van der Waals surface area contributed by atoms with E-state index in [1.54, 1.807) is 18.2 Å². The molecule has 0 saturated carbocycles. The number of benzene rings is 3. The zero-order valence-corrected chi connectivity index (χ0v) is 20.9. The highest BCUT2D eigenvalue weighted by Gasteiger charge is 2.22. The highest BCUT2D eigenvalue weighted by atomic mass is 19.1. The Kier molecular flexibility index (Phi) is 8.04. The van der Waals surface area contributed by atoms with Crippen LogP contribution in [0.3, 0.4) is 0 Å². The number of carbonyl (C=O) groups is 2. The summed E-state index contributed by atoms with van der Waals surface area (Å²) in [6.45, 7) is 5.67. The summed E-state index contributed by atoms with van der Waals surface area (Å²) in [6.07, 6.45) is 3.29. The normalized spacial score (nSPS) is 14.6. The van der Waals surface area contributed by atoms with Crippen molar-refractivity contribution in [2.45, 2.75) is 44.9 Å². The van der Waals surface area contributed by atoms with Crippen LogP contribution in [0.4, 0.5) is 4.39 Å². The summed E-state index contributed by atoms with van der Waals surface area (Å²) in [7, 11) is 0. The van der Waals surface area contributed by atoms with E-state index in [0.717, 1.165) is 41.7 Å². The van der Waals surface area contributed by atoms with Crippen LogP contribution in [0.5, 0.6) is 5.75 Å². The average molecular weight is 489 g/mol. The topological polar surface area (TPSA) is 67.4 Å². The molecule has 3 aromatic rings. The van der Waals surface area contributed by atoms with Gasteiger partial charge in [-0.05, 0) is 78.4 Å². The minimum atomic E-state index is -0.360. The lowest BCUT2D eigenvalue weighted by Gasteiger charge is -2.26. The summed E-state index contributed by atoms with van der Waals surface area (Å²) in [4.78, 5) is 25.6. The standard InChI is InChI=1S/C30H33FN2O3/c1-30(2,25-10-12-26(31)13-11-25)20-33-29(35)23-9-14-27-24(19-23)18-21-7-6-8-22(17-21)28(34)32-15-4-3-5-16-36-27/h6-14,17,19H,3-5,15-16,18,20H2,1-2H3,(H,32,34)(H,33,35). The minimum absolute atomic E-state index is 0.0673. The third-order valence-corrected chi connectivity index (χ3v) is 6.59. The second-order valence-electron chi connectivity index (χ2n) is 9.94. The van der Waals surface area contributed by atoms with E-state index in [4.69, 9.17) is 4.74 Å². The van der Waals surface area contributed by atoms with E-state index in [-0.39, 0.29) is 23.0 Å². The number of fused-ring (bicyclic) bond motifs is 3. The molecule has 1 aliphatic heterocycles. The zero-order valence-electron chi connectivity index (χ0n) is 20.9. The highest BCUT2D eigenvalue weighted by Crippen LogP contribution is 2.26. The van der Waals surface area contributed by atoms with Crippen molar-refractivity contribution in [3.8, 4) is 5.75 Å². The molecule has 36 heavy (non-hydrogen) atoms. The Labute approximate surface area is 212 Å². The van der Waals surface area contributed by atoms with Gasteiger partial charge in [-0.2, -0.15) is 0 Å². The Balaban J connectivity index is 1.54. The van der Waals surface area contributed by atoms with Crippen LogP contribution >= 0.6 is 0 Å². The summed E-state index contributed by atoms with van der Waals surface area (Å²) in [5.74, 6) is 0.227. The van der Waals surface area contributed by atoms with Crippen LogP contribution in [-0.4, -0.2) is 31.5 Å². The molecular formula is C30H33FN2O3. The summed E-state index contributed by atoms with van der Waals surface area (Å²) >= 11 is 0. The highest BCUT2D eigenvalue weighted by molar-refractivity contribution is 5.95. The number of rotatable bonds is 4. The first-order valence-corrected chi connectivity index (χ1v) is 12.5. The summed E-state index contributed by atoms with van der Waals surface area (Å²) in [5.41, 5.74) is 3.63. The van der Waals surface area contributed by atoms with E-state index in [1.165, 1.54) is 12.1 Å². The molecule has 5 nitrogen and oxygen atoms in total. The molecule has 1 aliphatic rings. The van der Waals surface area contributed by atoms with Gasteiger partial charge in [0, 0.05) is 36.1 Å². The first kappa shape index (κ1) is 25.4. The lowest BCUT2D eigenvalue weighted by atomic mass is 9.84. The van der Waals surface area contributed by atoms with Crippen molar-refractivity contribution in [2.75, 3.05) is 19.7 Å². The molecule has 0 fully saturated rings. The maximum absolute atomic E-state index is 13.3. The van der Waals surface area contributed by atoms with Gasteiger partial charge in [0.15, 0.2) is 0 Å². The number of amides is 2. The van der Waals surface area contributed by atoms with E-state index in [1.807, 2.05) is 50.2 Å². The lowest BCUT2D eigenvalue weighted by Crippen LogP contribution is -2.36. The molecule has 188 valence electrons. The monoisotopic (exact) mass is 488 g/mol. The molecule has 1 heterocycles. The number of hydrogen-bond acceptors (Lipinski definition) is 3. The van der Waals surface area contributed by atoms with E-state index in [0.29, 0.717) is 37.2 Å². The van der Waals surface area contributed by atoms with Crippen LogP contribution < -0.4 is 15.4 Å². The van der Waals surface area contributed by atoms with Gasteiger partial charge in [-0.15, -0.1) is 0 Å². The largest absolute Gasteiger partial charge is 0.493 e. The predicted octanol–water partition coefficient (Wildman–Crippen LogP) is 5.42. The second-order valence-corrected chi connectivity index (χ2v) is 9.94. The molecule has 0 spiro atoms. The molecule has 2 bridgehead atoms. The quantitative estimate of drug-likeness (QED) is 0.516. The minimum Gasteiger partial charge on any atom is -0.493 e. The molecule has 0 radical (unpaired) electrons. The van der Waals surface area contributed by atoms with Crippen LogP contribution in [-0.2, 0) is 11.8 Å². The van der Waals surface area contributed by atoms with Crippen molar-refractivity contribution in [3.05, 3.63) is 100 Å². The third-order valence-electron chi connectivity index (χ3n) is 6.59. The fourth-order valence-electron chi connectivity index (χ4n) is 4.34. The first-order chi connectivity index (χ1) is 17.3. The Morgan fingerprint density at radius 2 is 1.83 bits per heavy atom. The summed E-state index contributed by atoms with van der Waals surface area (Å²) in [5, 5.41) is 6.01. The molecular weight excluding hydrogens is 455 g/mol. The molecule has 0 aromatic heterocycles. The molecule has 3 aromatic carbocycles. The maximum atomic E-state index is 13.3. The van der Waals surface area contributed by atoms with Gasteiger partial charge in [0.05, 0.1) is 6.61 Å². The van der Waals surface area contributed by atoms with Crippen molar-refractivity contribution in [1.29, 1.82) is 0 Å².